The van der Waals surface area contributed by atoms with Crippen molar-refractivity contribution in [3.63, 3.8) is 0 Å². The standard InChI is InChI=1S/C20H33O2P.BF4/c1-21-23(22-2,18-12-6-3-7-13-18,19-14-8-4-9-15-19)20-16-10-5-11-17-20;2-1(3,4)5/h3,6-7,12-13,19-20H,4-5,8-11,14-17H2,1-2H3;/q;-1. The van der Waals surface area contributed by atoms with Gasteiger partial charge in [0.15, 0.2) is 0 Å². The van der Waals surface area contributed by atoms with E-state index in [1.54, 1.807) is 0 Å². The first-order valence-corrected chi connectivity index (χ1v) is 12.5. The van der Waals surface area contributed by atoms with Gasteiger partial charge < -0.3 is 17.3 Å². The van der Waals surface area contributed by atoms with Crippen LogP contribution in [0.4, 0.5) is 17.3 Å². The summed E-state index contributed by atoms with van der Waals surface area (Å²) >= 11 is 0. The molecule has 3 rings (SSSR count). The minimum absolute atomic E-state index is 0.579. The minimum atomic E-state index is -6.00. The van der Waals surface area contributed by atoms with Crippen molar-refractivity contribution in [2.75, 3.05) is 14.2 Å². The Bertz CT molecular complexity index is 556. The van der Waals surface area contributed by atoms with Gasteiger partial charge in [-0.1, -0.05) is 0 Å². The van der Waals surface area contributed by atoms with E-state index in [1.807, 2.05) is 14.2 Å². The van der Waals surface area contributed by atoms with Gasteiger partial charge in [0.2, 0.25) is 0 Å². The zero-order chi connectivity index (χ0) is 20.7. The van der Waals surface area contributed by atoms with Crippen molar-refractivity contribution in [3.8, 4) is 0 Å². The van der Waals surface area contributed by atoms with Crippen LogP contribution in [0.25, 0.3) is 0 Å². The van der Waals surface area contributed by atoms with Crippen LogP contribution in [0.2, 0.25) is 0 Å². The third-order valence-corrected chi connectivity index (χ3v) is 13.2. The minimum Gasteiger partial charge on any atom is -0.418 e. The Balaban J connectivity index is 0.000000500. The number of hydrogen-bond donors (Lipinski definition) is 0. The van der Waals surface area contributed by atoms with E-state index in [2.05, 4.69) is 30.3 Å². The van der Waals surface area contributed by atoms with E-state index in [9.17, 15) is 17.3 Å². The third-order valence-electron chi connectivity index (χ3n) is 6.55. The fourth-order valence-corrected chi connectivity index (χ4v) is 12.1. The number of benzene rings is 1. The largest absolute Gasteiger partial charge is 0.673 e. The van der Waals surface area contributed by atoms with Crippen LogP contribution in [0.1, 0.15) is 64.2 Å². The first kappa shape index (κ1) is 23.6. The predicted molar refractivity (Wildman–Crippen MR) is 111 cm³/mol. The van der Waals surface area contributed by atoms with Crippen LogP contribution < -0.4 is 5.30 Å². The zero-order valence-corrected chi connectivity index (χ0v) is 17.9. The van der Waals surface area contributed by atoms with Crippen LogP contribution in [0.15, 0.2) is 30.3 Å². The van der Waals surface area contributed by atoms with Gasteiger partial charge in [0, 0.05) is 0 Å². The summed E-state index contributed by atoms with van der Waals surface area (Å²) in [5, 5.41) is 1.36. The van der Waals surface area contributed by atoms with Gasteiger partial charge in [0.05, 0.1) is 0 Å². The Morgan fingerprint density at radius 3 is 1.39 bits per heavy atom. The predicted octanol–water partition coefficient (Wildman–Crippen LogP) is 6.95. The topological polar surface area (TPSA) is 18.5 Å². The van der Waals surface area contributed by atoms with E-state index in [1.165, 1.54) is 69.5 Å². The second kappa shape index (κ2) is 9.91. The molecule has 8 heteroatoms. The molecule has 2 nitrogen and oxygen atoms in total. The summed E-state index contributed by atoms with van der Waals surface area (Å²) in [6.07, 6.45) is 13.1. The molecule has 2 saturated carbocycles. The van der Waals surface area contributed by atoms with Gasteiger partial charge in [0.25, 0.3) is 0 Å². The van der Waals surface area contributed by atoms with Crippen molar-refractivity contribution in [1.82, 2.24) is 0 Å². The molecule has 2 aliphatic carbocycles. The van der Waals surface area contributed by atoms with Gasteiger partial charge in [-0.25, -0.2) is 0 Å². The zero-order valence-electron chi connectivity index (χ0n) is 17.0. The molecule has 1 aromatic rings. The maximum atomic E-state index is 9.75. The molecule has 0 aromatic heterocycles. The third kappa shape index (κ3) is 4.91. The smallest absolute Gasteiger partial charge is 0.418 e. The van der Waals surface area contributed by atoms with Gasteiger partial charge in [-0.2, -0.15) is 0 Å². The van der Waals surface area contributed by atoms with E-state index in [4.69, 9.17) is 9.05 Å². The summed E-state index contributed by atoms with van der Waals surface area (Å²) in [6.45, 7) is 0. The Labute approximate surface area is 166 Å². The molecular weight excluding hydrogens is 390 g/mol. The van der Waals surface area contributed by atoms with E-state index < -0.39 is 14.3 Å². The summed E-state index contributed by atoms with van der Waals surface area (Å²) in [4.78, 5) is 0. The molecule has 2 fully saturated rings. The molecule has 0 bridgehead atoms. The summed E-state index contributed by atoms with van der Waals surface area (Å²) in [5.74, 6) is 0. The van der Waals surface area contributed by atoms with Gasteiger partial charge in [-0.15, -0.1) is 0 Å². The Hall–Kier alpha value is -0.645. The van der Waals surface area contributed by atoms with Crippen molar-refractivity contribution in [3.05, 3.63) is 30.3 Å². The molecule has 0 amide bonds. The molecule has 1 aromatic carbocycles. The van der Waals surface area contributed by atoms with Crippen molar-refractivity contribution in [2.45, 2.75) is 75.5 Å². The average molecular weight is 423 g/mol. The molecule has 0 unspecified atom stereocenters. The van der Waals surface area contributed by atoms with Gasteiger partial charge in [0.1, 0.15) is 0 Å². The molecule has 0 aliphatic heterocycles. The Morgan fingerprint density at radius 1 is 0.714 bits per heavy atom. The van der Waals surface area contributed by atoms with Crippen LogP contribution in [0.5, 0.6) is 0 Å². The molecule has 2 aliphatic rings. The maximum absolute atomic E-state index is 9.75. The molecule has 162 valence electrons. The van der Waals surface area contributed by atoms with Crippen LogP contribution >= 0.6 is 7.06 Å². The normalized spacial score (nSPS) is 21.3. The number of halogens is 4. The average Bonchev–Trinajstić information content (AvgIpc) is 2.71. The molecule has 0 heterocycles. The first-order valence-electron chi connectivity index (χ1n) is 10.3. The summed E-state index contributed by atoms with van der Waals surface area (Å²) in [6, 6.07) is 11.0. The first-order chi connectivity index (χ1) is 13.3. The van der Waals surface area contributed by atoms with Crippen molar-refractivity contribution >= 4 is 19.6 Å². The molecule has 0 N–H and O–H groups in total. The Kier molecular flexibility index (Phi) is 8.36. The van der Waals surface area contributed by atoms with Gasteiger partial charge in [-0.3, -0.25) is 0 Å². The Morgan fingerprint density at radius 2 is 1.07 bits per heavy atom. The molecule has 0 saturated heterocycles. The number of hydrogen-bond acceptors (Lipinski definition) is 2. The molecular formula is C20H33BF4O2P-. The van der Waals surface area contributed by atoms with Crippen LogP contribution in [0.3, 0.4) is 0 Å². The second-order valence-electron chi connectivity index (χ2n) is 7.87. The van der Waals surface area contributed by atoms with Crippen LogP contribution in [-0.4, -0.2) is 32.8 Å². The second-order valence-corrected chi connectivity index (χ2v) is 12.7. The van der Waals surface area contributed by atoms with Crippen LogP contribution in [0, 0.1) is 0 Å². The van der Waals surface area contributed by atoms with Gasteiger partial charge in [-0.05, 0) is 0 Å². The van der Waals surface area contributed by atoms with Crippen LogP contribution in [-0.2, 0) is 9.05 Å². The number of rotatable bonds is 5. The summed E-state index contributed by atoms with van der Waals surface area (Å²) in [5.41, 5.74) is 1.16. The summed E-state index contributed by atoms with van der Waals surface area (Å²) < 4.78 is 52.3. The molecule has 28 heavy (non-hydrogen) atoms. The van der Waals surface area contributed by atoms with Crippen molar-refractivity contribution < 1.29 is 26.3 Å². The summed E-state index contributed by atoms with van der Waals surface area (Å²) in [7, 11) is -4.99. The fraction of sp³-hybridized carbons (Fsp3) is 0.700. The SMILES string of the molecule is COP(OC)(c1ccccc1)(C1CCCCC1)C1CCCCC1.F[B-](F)(F)F. The quantitative estimate of drug-likeness (QED) is 0.290. The fourth-order valence-electron chi connectivity index (χ4n) is 5.46. The monoisotopic (exact) mass is 423 g/mol. The van der Waals surface area contributed by atoms with Crippen molar-refractivity contribution in [2.24, 2.45) is 0 Å². The van der Waals surface area contributed by atoms with Gasteiger partial charge >= 0.3 is 149 Å². The van der Waals surface area contributed by atoms with E-state index in [0.717, 1.165) is 0 Å². The van der Waals surface area contributed by atoms with Crippen molar-refractivity contribution in [1.29, 1.82) is 0 Å². The maximum Gasteiger partial charge on any atom is 0.673 e. The molecule has 0 atom stereocenters. The molecule has 0 radical (unpaired) electrons. The van der Waals surface area contributed by atoms with E-state index in [0.29, 0.717) is 11.3 Å². The molecule has 0 spiro atoms. The van der Waals surface area contributed by atoms with E-state index >= 15 is 0 Å². The van der Waals surface area contributed by atoms with E-state index in [-0.39, 0.29) is 0 Å².